The molecular formula is C15H35N3. The third kappa shape index (κ3) is 11.0. The van der Waals surface area contributed by atoms with E-state index in [0.29, 0.717) is 0 Å². The number of nitrogens with zero attached hydrogens (tertiary/aromatic N) is 2. The van der Waals surface area contributed by atoms with Gasteiger partial charge in [-0.3, -0.25) is 0 Å². The van der Waals surface area contributed by atoms with Crippen LogP contribution < -0.4 is 5.32 Å². The second-order valence-corrected chi connectivity index (χ2v) is 5.14. The number of nitrogens with one attached hydrogen (secondary N) is 1. The van der Waals surface area contributed by atoms with Crippen molar-refractivity contribution in [2.75, 3.05) is 52.9 Å². The van der Waals surface area contributed by atoms with Crippen molar-refractivity contribution in [2.24, 2.45) is 0 Å². The molecule has 0 saturated carbocycles. The van der Waals surface area contributed by atoms with Crippen LogP contribution in [0.1, 0.15) is 46.5 Å². The molecule has 0 heterocycles. The zero-order valence-corrected chi connectivity index (χ0v) is 13.2. The average molecular weight is 257 g/mol. The van der Waals surface area contributed by atoms with Crippen molar-refractivity contribution in [3.05, 3.63) is 0 Å². The van der Waals surface area contributed by atoms with Crippen molar-refractivity contribution in [3.63, 3.8) is 0 Å². The predicted octanol–water partition coefficient (Wildman–Crippen LogP) is 2.43. The molecule has 0 aromatic carbocycles. The SMILES string of the molecule is CCCCCCN(CC)CCNCCN(C)CC. The van der Waals surface area contributed by atoms with E-state index in [2.05, 4.69) is 42.9 Å². The highest BCUT2D eigenvalue weighted by molar-refractivity contribution is 4.59. The predicted molar refractivity (Wildman–Crippen MR) is 82.3 cm³/mol. The highest BCUT2D eigenvalue weighted by atomic mass is 15.1. The zero-order valence-electron chi connectivity index (χ0n) is 13.2. The summed E-state index contributed by atoms with van der Waals surface area (Å²) in [5.41, 5.74) is 0. The molecule has 0 bridgehead atoms. The Labute approximate surface area is 115 Å². The maximum absolute atomic E-state index is 3.53. The van der Waals surface area contributed by atoms with Gasteiger partial charge in [-0.1, -0.05) is 40.0 Å². The molecule has 0 aromatic rings. The maximum Gasteiger partial charge on any atom is 0.0107 e. The highest BCUT2D eigenvalue weighted by Crippen LogP contribution is 2.00. The van der Waals surface area contributed by atoms with Crippen molar-refractivity contribution < 1.29 is 0 Å². The summed E-state index contributed by atoms with van der Waals surface area (Å²) in [6.07, 6.45) is 5.47. The number of hydrogen-bond acceptors (Lipinski definition) is 3. The first-order valence-corrected chi connectivity index (χ1v) is 7.86. The normalized spacial score (nSPS) is 11.7. The number of hydrogen-bond donors (Lipinski definition) is 1. The van der Waals surface area contributed by atoms with Gasteiger partial charge in [0.2, 0.25) is 0 Å². The second kappa shape index (κ2) is 13.3. The molecule has 0 aromatic heterocycles. The van der Waals surface area contributed by atoms with Gasteiger partial charge in [0, 0.05) is 26.2 Å². The highest BCUT2D eigenvalue weighted by Gasteiger charge is 2.01. The minimum Gasteiger partial charge on any atom is -0.314 e. The van der Waals surface area contributed by atoms with Gasteiger partial charge in [-0.25, -0.2) is 0 Å². The molecule has 1 N–H and O–H groups in total. The van der Waals surface area contributed by atoms with E-state index < -0.39 is 0 Å². The summed E-state index contributed by atoms with van der Waals surface area (Å²) < 4.78 is 0. The van der Waals surface area contributed by atoms with Crippen LogP contribution in [0.2, 0.25) is 0 Å². The first-order valence-electron chi connectivity index (χ1n) is 7.86. The van der Waals surface area contributed by atoms with E-state index in [1.54, 1.807) is 0 Å². The van der Waals surface area contributed by atoms with Gasteiger partial charge in [0.05, 0.1) is 0 Å². The molecule has 3 heteroatoms. The number of rotatable bonds is 13. The molecule has 0 aliphatic rings. The quantitative estimate of drug-likeness (QED) is 0.511. The summed E-state index contributed by atoms with van der Waals surface area (Å²) in [5, 5.41) is 3.53. The van der Waals surface area contributed by atoms with Crippen molar-refractivity contribution in [1.29, 1.82) is 0 Å². The van der Waals surface area contributed by atoms with Crippen LogP contribution in [0, 0.1) is 0 Å². The molecule has 110 valence electrons. The molecule has 0 spiro atoms. The molecule has 0 amide bonds. The second-order valence-electron chi connectivity index (χ2n) is 5.14. The Morgan fingerprint density at radius 3 is 2.11 bits per heavy atom. The third-order valence-corrected chi connectivity index (χ3v) is 3.59. The Balaban J connectivity index is 3.38. The van der Waals surface area contributed by atoms with Crippen LogP contribution in [-0.4, -0.2) is 62.7 Å². The summed E-state index contributed by atoms with van der Waals surface area (Å²) >= 11 is 0. The van der Waals surface area contributed by atoms with E-state index in [4.69, 9.17) is 0 Å². The maximum atomic E-state index is 3.53. The van der Waals surface area contributed by atoms with Gasteiger partial charge in [-0.05, 0) is 33.1 Å². The molecule has 0 saturated heterocycles. The van der Waals surface area contributed by atoms with Gasteiger partial charge in [0.25, 0.3) is 0 Å². The Kier molecular flexibility index (Phi) is 13.2. The molecule has 0 aliphatic heterocycles. The first kappa shape index (κ1) is 17.9. The van der Waals surface area contributed by atoms with E-state index in [1.165, 1.54) is 45.3 Å². The summed E-state index contributed by atoms with van der Waals surface area (Å²) in [7, 11) is 2.17. The van der Waals surface area contributed by atoms with Gasteiger partial charge in [0.15, 0.2) is 0 Å². The van der Waals surface area contributed by atoms with Gasteiger partial charge in [-0.15, -0.1) is 0 Å². The van der Waals surface area contributed by atoms with Crippen LogP contribution in [0.3, 0.4) is 0 Å². The standard InChI is InChI=1S/C15H35N3/c1-5-8-9-10-13-18(7-3)15-12-16-11-14-17(4)6-2/h16H,5-15H2,1-4H3. The van der Waals surface area contributed by atoms with Gasteiger partial charge in [0.1, 0.15) is 0 Å². The molecule has 0 aliphatic carbocycles. The number of likely N-dealkylation sites (N-methyl/N-ethyl adjacent to an activating group) is 2. The van der Waals surface area contributed by atoms with Gasteiger partial charge in [-0.2, -0.15) is 0 Å². The molecule has 0 unspecified atom stereocenters. The molecule has 0 rings (SSSR count). The lowest BCUT2D eigenvalue weighted by atomic mass is 10.2. The smallest absolute Gasteiger partial charge is 0.0107 e. The van der Waals surface area contributed by atoms with E-state index in [-0.39, 0.29) is 0 Å². The fraction of sp³-hybridized carbons (Fsp3) is 1.00. The first-order chi connectivity index (χ1) is 8.74. The van der Waals surface area contributed by atoms with Gasteiger partial charge >= 0.3 is 0 Å². The van der Waals surface area contributed by atoms with E-state index in [1.807, 2.05) is 0 Å². The summed E-state index contributed by atoms with van der Waals surface area (Å²) in [4.78, 5) is 4.90. The molecule has 18 heavy (non-hydrogen) atoms. The summed E-state index contributed by atoms with van der Waals surface area (Å²) in [6, 6.07) is 0. The lowest BCUT2D eigenvalue weighted by Gasteiger charge is -2.21. The minimum atomic E-state index is 1.11. The Bertz CT molecular complexity index is 162. The van der Waals surface area contributed by atoms with Crippen molar-refractivity contribution in [2.45, 2.75) is 46.5 Å². The number of unbranched alkanes of at least 4 members (excludes halogenated alkanes) is 3. The Morgan fingerprint density at radius 1 is 0.778 bits per heavy atom. The van der Waals surface area contributed by atoms with E-state index in [9.17, 15) is 0 Å². The van der Waals surface area contributed by atoms with Crippen molar-refractivity contribution in [3.8, 4) is 0 Å². The van der Waals surface area contributed by atoms with Crippen LogP contribution >= 0.6 is 0 Å². The van der Waals surface area contributed by atoms with Crippen LogP contribution in [0.5, 0.6) is 0 Å². The molecule has 0 radical (unpaired) electrons. The van der Waals surface area contributed by atoms with Crippen LogP contribution in [0.4, 0.5) is 0 Å². The molecule has 0 atom stereocenters. The van der Waals surface area contributed by atoms with Crippen molar-refractivity contribution in [1.82, 2.24) is 15.1 Å². The lowest BCUT2D eigenvalue weighted by molar-refractivity contribution is 0.276. The largest absolute Gasteiger partial charge is 0.314 e. The molecule has 3 nitrogen and oxygen atoms in total. The van der Waals surface area contributed by atoms with Crippen LogP contribution in [0.25, 0.3) is 0 Å². The molecule has 0 fully saturated rings. The van der Waals surface area contributed by atoms with Crippen LogP contribution in [0.15, 0.2) is 0 Å². The Hall–Kier alpha value is -0.120. The monoisotopic (exact) mass is 257 g/mol. The summed E-state index contributed by atoms with van der Waals surface area (Å²) in [5.74, 6) is 0. The third-order valence-electron chi connectivity index (χ3n) is 3.59. The fourth-order valence-electron chi connectivity index (χ4n) is 1.98. The Morgan fingerprint density at radius 2 is 1.50 bits per heavy atom. The summed E-state index contributed by atoms with van der Waals surface area (Å²) in [6.45, 7) is 14.9. The van der Waals surface area contributed by atoms with Gasteiger partial charge < -0.3 is 15.1 Å². The van der Waals surface area contributed by atoms with E-state index in [0.717, 1.165) is 26.2 Å². The average Bonchev–Trinajstić information content (AvgIpc) is 2.40. The van der Waals surface area contributed by atoms with Crippen LogP contribution in [-0.2, 0) is 0 Å². The fourth-order valence-corrected chi connectivity index (χ4v) is 1.98. The minimum absolute atomic E-state index is 1.11. The lowest BCUT2D eigenvalue weighted by Crippen LogP contribution is -2.36. The topological polar surface area (TPSA) is 18.5 Å². The zero-order chi connectivity index (χ0) is 13.6. The van der Waals surface area contributed by atoms with E-state index >= 15 is 0 Å². The molecular weight excluding hydrogens is 222 g/mol. The van der Waals surface area contributed by atoms with Crippen molar-refractivity contribution >= 4 is 0 Å².